The van der Waals surface area contributed by atoms with E-state index < -0.39 is 0 Å². The zero-order chi connectivity index (χ0) is 7.82. The van der Waals surface area contributed by atoms with E-state index in [1.807, 2.05) is 19.9 Å². The van der Waals surface area contributed by atoms with Gasteiger partial charge in [0.15, 0.2) is 6.20 Å². The molecule has 0 aromatic heterocycles. The van der Waals surface area contributed by atoms with Gasteiger partial charge in [-0.3, -0.25) is 0 Å². The fourth-order valence-corrected chi connectivity index (χ4v) is 0.755. The van der Waals surface area contributed by atoms with Crippen LogP contribution in [0.25, 0.3) is 0 Å². The zero-order valence-corrected chi connectivity index (χ0v) is 6.88. The molecule has 10 heavy (non-hydrogen) atoms. The van der Waals surface area contributed by atoms with Gasteiger partial charge in [0.25, 0.3) is 0 Å². The lowest BCUT2D eigenvalue weighted by molar-refractivity contribution is -0.452. The van der Waals surface area contributed by atoms with Crippen LogP contribution in [0, 0.1) is 0 Å². The Labute approximate surface area is 64.9 Å². The van der Waals surface area contributed by atoms with Crippen molar-refractivity contribution in [1.29, 1.82) is 0 Å². The maximum atomic E-state index is 5.36. The second-order valence-electron chi connectivity index (χ2n) is 2.12. The highest BCUT2D eigenvalue weighted by Gasteiger charge is 1.93. The van der Waals surface area contributed by atoms with Crippen LogP contribution in [0.5, 0.6) is 0 Å². The maximum absolute atomic E-state index is 5.36. The molecule has 0 spiro atoms. The van der Waals surface area contributed by atoms with Crippen molar-refractivity contribution in [3.8, 4) is 0 Å². The largest absolute Gasteiger partial charge is 0.210 e. The Morgan fingerprint density at radius 1 is 1.40 bits per heavy atom. The summed E-state index contributed by atoms with van der Waals surface area (Å²) in [5, 5.41) is 0. The molecule has 0 N–H and O–H groups in total. The van der Waals surface area contributed by atoms with Crippen LogP contribution in [-0.4, -0.2) is 25.2 Å². The van der Waals surface area contributed by atoms with Gasteiger partial charge < -0.3 is 0 Å². The topological polar surface area (TPSA) is 3.01 Å². The molecule has 2 heteroatoms. The maximum Gasteiger partial charge on any atom is 0.164 e. The van der Waals surface area contributed by atoms with Crippen molar-refractivity contribution < 1.29 is 4.58 Å². The predicted octanol–water partition coefficient (Wildman–Crippen LogP) is 1.60. The van der Waals surface area contributed by atoms with E-state index in [1.54, 1.807) is 0 Å². The third kappa shape index (κ3) is 4.36. The molecule has 0 bridgehead atoms. The summed E-state index contributed by atoms with van der Waals surface area (Å²) in [6.07, 6.45) is 7.94. The molecule has 0 atom stereocenters. The Morgan fingerprint density at radius 2 is 2.10 bits per heavy atom. The van der Waals surface area contributed by atoms with Gasteiger partial charge in [-0.2, -0.15) is 0 Å². The number of rotatable bonds is 4. The minimum atomic E-state index is 0.766. The predicted molar refractivity (Wildman–Crippen MR) is 46.9 cm³/mol. The van der Waals surface area contributed by atoms with Gasteiger partial charge in [0.05, 0.1) is 7.85 Å². The van der Waals surface area contributed by atoms with E-state index in [0.717, 1.165) is 19.3 Å². The quantitative estimate of drug-likeness (QED) is 0.313. The fraction of sp³-hybridized carbons (Fsp3) is 0.625. The molecule has 0 saturated heterocycles. The third-order valence-corrected chi connectivity index (χ3v) is 1.29. The summed E-state index contributed by atoms with van der Waals surface area (Å²) in [6, 6.07) is 0. The number of allylic oxidation sites excluding steroid dienone is 1. The second-order valence-corrected chi connectivity index (χ2v) is 2.12. The summed E-state index contributed by atoms with van der Waals surface area (Å²) >= 11 is 0. The Balaban J connectivity index is 3.62. The highest BCUT2D eigenvalue weighted by atomic mass is 15.0. The minimum absolute atomic E-state index is 0.766. The Kier molecular flexibility index (Phi) is 6.25. The molecule has 0 aliphatic rings. The average Bonchev–Trinajstić information content (AvgIpc) is 1.98. The lowest BCUT2D eigenvalue weighted by atomic mass is 10.0. The molecule has 54 valence electrons. The van der Waals surface area contributed by atoms with E-state index in [9.17, 15) is 0 Å². The van der Waals surface area contributed by atoms with Crippen LogP contribution in [0.2, 0.25) is 6.32 Å². The lowest BCUT2D eigenvalue weighted by Gasteiger charge is -1.93. The molecule has 0 heterocycles. The van der Waals surface area contributed by atoms with Crippen molar-refractivity contribution in [2.24, 2.45) is 0 Å². The SMILES string of the molecule is [B]CCC[N+](=CC)/C=C\C. The normalized spacial score (nSPS) is 12.8. The van der Waals surface area contributed by atoms with Crippen molar-refractivity contribution >= 4 is 14.1 Å². The first kappa shape index (κ1) is 9.47. The van der Waals surface area contributed by atoms with Crippen molar-refractivity contribution in [3.63, 3.8) is 0 Å². The molecule has 0 rings (SSSR count). The molecule has 0 amide bonds. The van der Waals surface area contributed by atoms with E-state index in [0.29, 0.717) is 0 Å². The van der Waals surface area contributed by atoms with Crippen molar-refractivity contribution in [2.45, 2.75) is 26.6 Å². The zero-order valence-electron chi connectivity index (χ0n) is 6.88. The Hall–Kier alpha value is -0.525. The summed E-state index contributed by atoms with van der Waals surface area (Å²) in [5.41, 5.74) is 0. The van der Waals surface area contributed by atoms with Gasteiger partial charge >= 0.3 is 0 Å². The van der Waals surface area contributed by atoms with E-state index >= 15 is 0 Å². The summed E-state index contributed by atoms with van der Waals surface area (Å²) in [5.74, 6) is 0. The summed E-state index contributed by atoms with van der Waals surface area (Å²) in [6.45, 7) is 5.06. The molecule has 0 unspecified atom stereocenters. The van der Waals surface area contributed by atoms with Gasteiger partial charge in [0.1, 0.15) is 12.8 Å². The first-order valence-electron chi connectivity index (χ1n) is 3.73. The molecule has 0 aliphatic heterocycles. The molecular formula is C8H15BN+. The molecule has 0 fully saturated rings. The number of nitrogens with zero attached hydrogens (tertiary/aromatic N) is 1. The molecule has 2 radical (unpaired) electrons. The summed E-state index contributed by atoms with van der Waals surface area (Å²) in [4.78, 5) is 0. The van der Waals surface area contributed by atoms with Crippen molar-refractivity contribution in [2.75, 3.05) is 6.54 Å². The fourth-order valence-electron chi connectivity index (χ4n) is 0.755. The van der Waals surface area contributed by atoms with E-state index in [1.165, 1.54) is 0 Å². The molecule has 0 aromatic rings. The molecule has 0 aliphatic carbocycles. The van der Waals surface area contributed by atoms with Crippen LogP contribution in [0.3, 0.4) is 0 Å². The van der Waals surface area contributed by atoms with Crippen LogP contribution in [-0.2, 0) is 0 Å². The highest BCUT2D eigenvalue weighted by molar-refractivity contribution is 6.08. The van der Waals surface area contributed by atoms with E-state index in [-0.39, 0.29) is 0 Å². The summed E-state index contributed by atoms with van der Waals surface area (Å²) < 4.78 is 2.13. The molecule has 1 nitrogen and oxygen atoms in total. The first-order chi connectivity index (χ1) is 4.85. The Morgan fingerprint density at radius 3 is 2.50 bits per heavy atom. The monoisotopic (exact) mass is 136 g/mol. The van der Waals surface area contributed by atoms with Crippen LogP contribution >= 0.6 is 0 Å². The van der Waals surface area contributed by atoms with Gasteiger partial charge in [0.2, 0.25) is 0 Å². The van der Waals surface area contributed by atoms with Crippen molar-refractivity contribution in [3.05, 3.63) is 12.3 Å². The highest BCUT2D eigenvalue weighted by Crippen LogP contribution is 1.86. The molecular weight excluding hydrogens is 121 g/mol. The van der Waals surface area contributed by atoms with Crippen molar-refractivity contribution in [1.82, 2.24) is 0 Å². The minimum Gasteiger partial charge on any atom is -0.210 e. The van der Waals surface area contributed by atoms with Crippen LogP contribution in [0.4, 0.5) is 0 Å². The smallest absolute Gasteiger partial charge is 0.164 e. The summed E-state index contributed by atoms with van der Waals surface area (Å²) in [7, 11) is 5.36. The third-order valence-electron chi connectivity index (χ3n) is 1.29. The second kappa shape index (κ2) is 6.59. The number of hydrogen-bond acceptors (Lipinski definition) is 0. The van der Waals surface area contributed by atoms with Gasteiger partial charge in [-0.15, -0.1) is 0 Å². The number of hydrogen-bond donors (Lipinski definition) is 0. The van der Waals surface area contributed by atoms with Gasteiger partial charge in [0, 0.05) is 6.92 Å². The van der Waals surface area contributed by atoms with Crippen LogP contribution in [0.15, 0.2) is 12.3 Å². The van der Waals surface area contributed by atoms with Gasteiger partial charge in [-0.1, -0.05) is 6.32 Å². The lowest BCUT2D eigenvalue weighted by Crippen LogP contribution is -2.05. The van der Waals surface area contributed by atoms with Gasteiger partial charge in [-0.05, 0) is 19.4 Å². The van der Waals surface area contributed by atoms with Crippen LogP contribution in [0.1, 0.15) is 20.3 Å². The molecule has 0 saturated carbocycles. The molecule has 0 aromatic carbocycles. The average molecular weight is 136 g/mol. The standard InChI is InChI=1S/C8H15BN/c1-3-7-10(4-2)8-5-6-9/h3-4,7H,5-6,8H2,1-2H3/q+1/b7-3-,10-4?. The van der Waals surface area contributed by atoms with E-state index in [4.69, 9.17) is 7.85 Å². The van der Waals surface area contributed by atoms with Crippen LogP contribution < -0.4 is 0 Å². The Bertz CT molecular complexity index is 127. The first-order valence-corrected chi connectivity index (χ1v) is 3.73. The van der Waals surface area contributed by atoms with E-state index in [2.05, 4.69) is 17.0 Å². The van der Waals surface area contributed by atoms with Gasteiger partial charge in [-0.25, -0.2) is 4.58 Å².